The summed E-state index contributed by atoms with van der Waals surface area (Å²) < 4.78 is 27.8. The van der Waals surface area contributed by atoms with Crippen LogP contribution in [0.5, 0.6) is 0 Å². The molecule has 0 radical (unpaired) electrons. The van der Waals surface area contributed by atoms with Crippen LogP contribution in [0.1, 0.15) is 40.5 Å². The van der Waals surface area contributed by atoms with Crippen molar-refractivity contribution in [2.75, 3.05) is 4.43 Å². The van der Waals surface area contributed by atoms with Crippen LogP contribution in [0.2, 0.25) is 0 Å². The van der Waals surface area contributed by atoms with E-state index in [0.29, 0.717) is 6.42 Å². The summed E-state index contributed by atoms with van der Waals surface area (Å²) >= 11 is 2.21. The van der Waals surface area contributed by atoms with Crippen molar-refractivity contribution < 1.29 is 8.78 Å². The Kier molecular flexibility index (Phi) is 5.12. The van der Waals surface area contributed by atoms with Crippen molar-refractivity contribution in [1.82, 2.24) is 0 Å². The summed E-state index contributed by atoms with van der Waals surface area (Å²) in [5.41, 5.74) is -2.53. The van der Waals surface area contributed by atoms with Crippen molar-refractivity contribution in [3.05, 3.63) is 0 Å². The average Bonchev–Trinajstić information content (AvgIpc) is 1.81. The summed E-state index contributed by atoms with van der Waals surface area (Å²) in [5.74, 6) is -0.176. The van der Waals surface area contributed by atoms with Crippen LogP contribution in [-0.4, -0.2) is 15.8 Å². The van der Waals surface area contributed by atoms with Gasteiger partial charge in [-0.3, -0.25) is 0 Å². The van der Waals surface area contributed by atoms with Gasteiger partial charge in [0, 0.05) is 0 Å². The Balaban J connectivity index is 4.27. The zero-order chi connectivity index (χ0) is 10.7. The Labute approximate surface area is 93.6 Å². The molecule has 0 heterocycles. The second kappa shape index (κ2) is 4.89. The molecule has 0 spiro atoms. The third kappa shape index (κ3) is 6.63. The van der Waals surface area contributed by atoms with E-state index in [1.807, 2.05) is 0 Å². The number of hydrogen-bond donors (Lipinski definition) is 0. The molecule has 0 rings (SSSR count). The number of rotatable bonds is 5. The number of alkyl halides is 3. The molecule has 0 aliphatic carbocycles. The Morgan fingerprint density at radius 3 is 1.85 bits per heavy atom. The summed E-state index contributed by atoms with van der Waals surface area (Å²) in [6.45, 7) is 6.10. The molecule has 3 heteroatoms. The van der Waals surface area contributed by atoms with Crippen molar-refractivity contribution >= 4 is 22.6 Å². The Morgan fingerprint density at radius 1 is 1.15 bits per heavy atom. The number of halogens is 3. The molecule has 0 aromatic carbocycles. The van der Waals surface area contributed by atoms with Crippen LogP contribution in [0, 0.1) is 5.92 Å². The van der Waals surface area contributed by atoms with E-state index < -0.39 is 11.3 Å². The van der Waals surface area contributed by atoms with Crippen molar-refractivity contribution in [3.63, 3.8) is 0 Å². The van der Waals surface area contributed by atoms with Gasteiger partial charge in [0.15, 0.2) is 0 Å². The standard InChI is InChI=1S/C10H19F2I/c1-9(2,11)7-8(5-6-13)10(3,4)12/h8H,5-7H2,1-4H3. The lowest BCUT2D eigenvalue weighted by molar-refractivity contribution is 0.0647. The van der Waals surface area contributed by atoms with E-state index >= 15 is 0 Å². The summed E-state index contributed by atoms with van der Waals surface area (Å²) in [7, 11) is 0. The van der Waals surface area contributed by atoms with E-state index in [4.69, 9.17) is 0 Å². The van der Waals surface area contributed by atoms with Gasteiger partial charge in [-0.25, -0.2) is 8.78 Å². The first-order chi connectivity index (χ1) is 5.67. The van der Waals surface area contributed by atoms with E-state index in [1.165, 1.54) is 27.7 Å². The minimum Gasteiger partial charge on any atom is -0.244 e. The summed E-state index contributed by atoms with van der Waals surface area (Å²) in [6, 6.07) is 0. The maximum absolute atomic E-state index is 13.6. The van der Waals surface area contributed by atoms with Crippen LogP contribution in [0.25, 0.3) is 0 Å². The van der Waals surface area contributed by atoms with Crippen molar-refractivity contribution in [3.8, 4) is 0 Å². The lowest BCUT2D eigenvalue weighted by Crippen LogP contribution is -2.32. The molecule has 0 bridgehead atoms. The van der Waals surface area contributed by atoms with E-state index in [9.17, 15) is 8.78 Å². The quantitative estimate of drug-likeness (QED) is 0.524. The first-order valence-corrected chi connectivity index (χ1v) is 6.13. The molecule has 0 N–H and O–H groups in total. The highest BCUT2D eigenvalue weighted by Crippen LogP contribution is 2.33. The fraction of sp³-hybridized carbons (Fsp3) is 1.00. The summed E-state index contributed by atoms with van der Waals surface area (Å²) in [4.78, 5) is 0. The third-order valence-corrected chi connectivity index (χ3v) is 2.78. The van der Waals surface area contributed by atoms with Gasteiger partial charge in [0.25, 0.3) is 0 Å². The molecular weight excluding hydrogens is 285 g/mol. The fourth-order valence-corrected chi connectivity index (χ4v) is 2.16. The van der Waals surface area contributed by atoms with Gasteiger partial charge in [0.05, 0.1) is 0 Å². The molecule has 0 amide bonds. The normalized spacial score (nSPS) is 15.9. The zero-order valence-electron chi connectivity index (χ0n) is 8.83. The molecule has 0 aliphatic heterocycles. The maximum atomic E-state index is 13.6. The van der Waals surface area contributed by atoms with Crippen LogP contribution in [0.15, 0.2) is 0 Å². The van der Waals surface area contributed by atoms with Crippen LogP contribution < -0.4 is 0 Å². The molecule has 0 aromatic heterocycles. The van der Waals surface area contributed by atoms with Gasteiger partial charge >= 0.3 is 0 Å². The minimum atomic E-state index is -1.27. The van der Waals surface area contributed by atoms with Gasteiger partial charge in [0.2, 0.25) is 0 Å². The van der Waals surface area contributed by atoms with Crippen LogP contribution in [-0.2, 0) is 0 Å². The topological polar surface area (TPSA) is 0 Å². The summed E-state index contributed by atoms with van der Waals surface area (Å²) in [6.07, 6.45) is 1.05. The highest BCUT2D eigenvalue weighted by Gasteiger charge is 2.33. The predicted molar refractivity (Wildman–Crippen MR) is 62.0 cm³/mol. The van der Waals surface area contributed by atoms with E-state index in [2.05, 4.69) is 22.6 Å². The SMILES string of the molecule is CC(C)(F)CC(CCI)C(C)(C)F. The molecule has 0 saturated heterocycles. The smallest absolute Gasteiger partial charge is 0.108 e. The molecule has 0 aromatic rings. The van der Waals surface area contributed by atoms with Gasteiger partial charge in [-0.05, 0) is 50.9 Å². The van der Waals surface area contributed by atoms with Gasteiger partial charge in [0.1, 0.15) is 11.3 Å². The van der Waals surface area contributed by atoms with Crippen molar-refractivity contribution in [2.24, 2.45) is 5.92 Å². The summed E-state index contributed by atoms with van der Waals surface area (Å²) in [5, 5.41) is 0. The molecular formula is C10H19F2I. The highest BCUT2D eigenvalue weighted by atomic mass is 127. The van der Waals surface area contributed by atoms with E-state index in [0.717, 1.165) is 10.8 Å². The highest BCUT2D eigenvalue weighted by molar-refractivity contribution is 14.1. The van der Waals surface area contributed by atoms with Crippen LogP contribution >= 0.6 is 22.6 Å². The molecule has 0 nitrogen and oxygen atoms in total. The zero-order valence-corrected chi connectivity index (χ0v) is 11.0. The van der Waals surface area contributed by atoms with Crippen molar-refractivity contribution in [2.45, 2.75) is 51.9 Å². The molecule has 0 saturated carbocycles. The van der Waals surface area contributed by atoms with E-state index in [1.54, 1.807) is 0 Å². The number of hydrogen-bond acceptors (Lipinski definition) is 0. The van der Waals surface area contributed by atoms with Crippen molar-refractivity contribution in [1.29, 1.82) is 0 Å². The monoisotopic (exact) mass is 304 g/mol. The Morgan fingerprint density at radius 2 is 1.62 bits per heavy atom. The van der Waals surface area contributed by atoms with Gasteiger partial charge in [-0.15, -0.1) is 0 Å². The van der Waals surface area contributed by atoms with Gasteiger partial charge < -0.3 is 0 Å². The first-order valence-electron chi connectivity index (χ1n) is 4.60. The second-order valence-electron chi connectivity index (χ2n) is 4.66. The lowest BCUT2D eigenvalue weighted by Gasteiger charge is -2.30. The molecule has 0 fully saturated rings. The molecule has 80 valence electrons. The van der Waals surface area contributed by atoms with Gasteiger partial charge in [-0.2, -0.15) is 0 Å². The lowest BCUT2D eigenvalue weighted by atomic mass is 9.82. The molecule has 1 atom stereocenters. The Hall–Kier alpha value is 0.590. The molecule has 13 heavy (non-hydrogen) atoms. The third-order valence-electron chi connectivity index (χ3n) is 2.16. The van der Waals surface area contributed by atoms with Crippen LogP contribution in [0.3, 0.4) is 0 Å². The van der Waals surface area contributed by atoms with E-state index in [-0.39, 0.29) is 5.92 Å². The molecule has 0 aliphatic rings. The first kappa shape index (κ1) is 13.6. The fourth-order valence-electron chi connectivity index (χ4n) is 1.41. The second-order valence-corrected chi connectivity index (χ2v) is 5.74. The minimum absolute atomic E-state index is 0.176. The van der Waals surface area contributed by atoms with Gasteiger partial charge in [-0.1, -0.05) is 22.6 Å². The Bertz CT molecular complexity index is 144. The molecule has 1 unspecified atom stereocenters. The largest absolute Gasteiger partial charge is 0.244 e. The average molecular weight is 304 g/mol. The predicted octanol–water partition coefficient (Wildman–Crippen LogP) is 4.31. The van der Waals surface area contributed by atoms with Crippen LogP contribution in [0.4, 0.5) is 8.78 Å². The maximum Gasteiger partial charge on any atom is 0.108 e.